The third kappa shape index (κ3) is 3.71. The topological polar surface area (TPSA) is 49.6 Å². The zero-order valence-corrected chi connectivity index (χ0v) is 19.1. The Kier molecular flexibility index (Phi) is 5.49. The van der Waals surface area contributed by atoms with Gasteiger partial charge in [-0.15, -0.1) is 0 Å². The predicted molar refractivity (Wildman–Crippen MR) is 125 cm³/mol. The maximum Gasteiger partial charge on any atom is 0.254 e. The van der Waals surface area contributed by atoms with Gasteiger partial charge < -0.3 is 14.6 Å². The Hall–Kier alpha value is -2.73. The summed E-state index contributed by atoms with van der Waals surface area (Å²) in [5.74, 6) is 1.51. The zero-order chi connectivity index (χ0) is 22.4. The number of aromatic nitrogens is 2. The molecule has 2 fully saturated rings. The van der Waals surface area contributed by atoms with E-state index in [9.17, 15) is 9.18 Å². The molecular formula is C26H31FN4O. The third-order valence-electron chi connectivity index (χ3n) is 6.89. The SMILES string of the molecule is CCN(C(=O)c1cc(F)ccc1-c1cc(C2CCNC2)cn2c(C3CC3)ncc12)C(C)C. The fourth-order valence-corrected chi connectivity index (χ4v) is 4.99. The summed E-state index contributed by atoms with van der Waals surface area (Å²) >= 11 is 0. The first kappa shape index (κ1) is 21.1. The van der Waals surface area contributed by atoms with Crippen molar-refractivity contribution in [1.82, 2.24) is 19.6 Å². The molecule has 1 saturated carbocycles. The second kappa shape index (κ2) is 8.32. The van der Waals surface area contributed by atoms with E-state index in [1.165, 1.54) is 30.5 Å². The Morgan fingerprint density at radius 2 is 2.03 bits per heavy atom. The van der Waals surface area contributed by atoms with Gasteiger partial charge in [-0.3, -0.25) is 4.79 Å². The third-order valence-corrected chi connectivity index (χ3v) is 6.89. The standard InChI is InChI=1S/C26H31FN4O/c1-4-30(16(2)3)26(32)23-12-20(27)7-8-21(23)22-11-19(18-9-10-28-13-18)15-31-24(22)14-29-25(31)17-5-6-17/h7-8,11-12,14-18,28H,4-6,9-10,13H2,1-3H3. The minimum atomic E-state index is -0.392. The number of pyridine rings is 1. The van der Waals surface area contributed by atoms with Crippen LogP contribution in [-0.2, 0) is 0 Å². The number of nitrogens with zero attached hydrogens (tertiary/aromatic N) is 3. The molecule has 1 aliphatic carbocycles. The van der Waals surface area contributed by atoms with E-state index in [4.69, 9.17) is 4.98 Å². The molecule has 0 spiro atoms. The molecule has 0 radical (unpaired) electrons. The summed E-state index contributed by atoms with van der Waals surface area (Å²) in [7, 11) is 0. The van der Waals surface area contributed by atoms with Crippen molar-refractivity contribution in [3.8, 4) is 11.1 Å². The summed E-state index contributed by atoms with van der Waals surface area (Å²) in [6, 6.07) is 6.83. The first-order chi connectivity index (χ1) is 15.5. The molecular weight excluding hydrogens is 403 g/mol. The van der Waals surface area contributed by atoms with Gasteiger partial charge in [0.15, 0.2) is 0 Å². The van der Waals surface area contributed by atoms with Gasteiger partial charge in [-0.2, -0.15) is 0 Å². The average molecular weight is 435 g/mol. The first-order valence-corrected chi connectivity index (χ1v) is 11.8. The van der Waals surface area contributed by atoms with Crippen molar-refractivity contribution in [2.24, 2.45) is 0 Å². The molecule has 5 nitrogen and oxygen atoms in total. The van der Waals surface area contributed by atoms with Crippen LogP contribution in [0.2, 0.25) is 0 Å². The van der Waals surface area contributed by atoms with E-state index in [2.05, 4.69) is 22.0 Å². The molecule has 1 aromatic carbocycles. The molecule has 2 aromatic heterocycles. The molecule has 32 heavy (non-hydrogen) atoms. The number of benzene rings is 1. The van der Waals surface area contributed by atoms with Gasteiger partial charge >= 0.3 is 0 Å². The smallest absolute Gasteiger partial charge is 0.254 e. The van der Waals surface area contributed by atoms with Gasteiger partial charge in [-0.25, -0.2) is 9.37 Å². The van der Waals surface area contributed by atoms with Crippen LogP contribution in [0.3, 0.4) is 0 Å². The number of hydrogen-bond acceptors (Lipinski definition) is 3. The van der Waals surface area contributed by atoms with E-state index >= 15 is 0 Å². The van der Waals surface area contributed by atoms with Crippen molar-refractivity contribution in [2.75, 3.05) is 19.6 Å². The second-order valence-corrected chi connectivity index (χ2v) is 9.40. The van der Waals surface area contributed by atoms with Crippen LogP contribution in [0.5, 0.6) is 0 Å². The van der Waals surface area contributed by atoms with Crippen LogP contribution in [0.15, 0.2) is 36.7 Å². The molecule has 3 heterocycles. The summed E-state index contributed by atoms with van der Waals surface area (Å²) < 4.78 is 16.6. The highest BCUT2D eigenvalue weighted by Crippen LogP contribution is 2.41. The van der Waals surface area contributed by atoms with Crippen LogP contribution in [0.4, 0.5) is 4.39 Å². The molecule has 5 rings (SSSR count). The fraction of sp³-hybridized carbons (Fsp3) is 0.462. The number of halogens is 1. The lowest BCUT2D eigenvalue weighted by Gasteiger charge is -2.26. The molecule has 168 valence electrons. The number of carbonyl (C=O) groups is 1. The van der Waals surface area contributed by atoms with Crippen LogP contribution in [0, 0.1) is 5.82 Å². The number of hydrogen-bond donors (Lipinski definition) is 1. The van der Waals surface area contributed by atoms with Gasteiger partial charge in [0.25, 0.3) is 5.91 Å². The number of amides is 1. The molecule has 1 saturated heterocycles. The van der Waals surface area contributed by atoms with Gasteiger partial charge in [0.05, 0.1) is 17.3 Å². The molecule has 6 heteroatoms. The number of rotatable bonds is 6. The van der Waals surface area contributed by atoms with E-state index in [1.54, 1.807) is 11.0 Å². The molecule has 1 aliphatic heterocycles. The van der Waals surface area contributed by atoms with E-state index < -0.39 is 5.82 Å². The summed E-state index contributed by atoms with van der Waals surface area (Å²) in [6.45, 7) is 8.48. The highest BCUT2D eigenvalue weighted by atomic mass is 19.1. The average Bonchev–Trinajstić information content (AvgIpc) is 3.29. The van der Waals surface area contributed by atoms with Crippen molar-refractivity contribution in [3.63, 3.8) is 0 Å². The molecule has 1 atom stereocenters. The molecule has 1 N–H and O–H groups in total. The Labute approximate surface area is 188 Å². The maximum atomic E-state index is 14.4. The summed E-state index contributed by atoms with van der Waals surface area (Å²) in [5.41, 5.74) is 4.37. The van der Waals surface area contributed by atoms with Gasteiger partial charge in [0.2, 0.25) is 0 Å². The van der Waals surface area contributed by atoms with Gasteiger partial charge in [0.1, 0.15) is 11.6 Å². The highest BCUT2D eigenvalue weighted by Gasteiger charge is 2.30. The summed E-state index contributed by atoms with van der Waals surface area (Å²) in [5, 5.41) is 3.46. The van der Waals surface area contributed by atoms with Crippen LogP contribution in [0.25, 0.3) is 16.6 Å². The monoisotopic (exact) mass is 434 g/mol. The van der Waals surface area contributed by atoms with Crippen LogP contribution >= 0.6 is 0 Å². The zero-order valence-electron chi connectivity index (χ0n) is 19.1. The number of fused-ring (bicyclic) bond motifs is 1. The van der Waals surface area contributed by atoms with E-state index in [0.29, 0.717) is 23.9 Å². The van der Waals surface area contributed by atoms with E-state index in [0.717, 1.165) is 42.0 Å². The molecule has 1 amide bonds. The molecule has 1 unspecified atom stereocenters. The van der Waals surface area contributed by atoms with Crippen LogP contribution < -0.4 is 5.32 Å². The Morgan fingerprint density at radius 1 is 1.22 bits per heavy atom. The van der Waals surface area contributed by atoms with Crippen LogP contribution in [-0.4, -0.2) is 45.9 Å². The summed E-state index contributed by atoms with van der Waals surface area (Å²) in [4.78, 5) is 20.0. The number of imidazole rings is 1. The number of nitrogens with one attached hydrogen (secondary N) is 1. The Morgan fingerprint density at radius 3 is 2.69 bits per heavy atom. The quantitative estimate of drug-likeness (QED) is 0.596. The van der Waals surface area contributed by atoms with Gasteiger partial charge in [-0.05, 0) is 81.8 Å². The minimum absolute atomic E-state index is 0.0379. The van der Waals surface area contributed by atoms with Gasteiger partial charge in [0, 0.05) is 36.8 Å². The Balaban J connectivity index is 1.71. The van der Waals surface area contributed by atoms with Crippen molar-refractivity contribution in [1.29, 1.82) is 0 Å². The fourth-order valence-electron chi connectivity index (χ4n) is 4.99. The van der Waals surface area contributed by atoms with E-state index in [1.807, 2.05) is 27.0 Å². The normalized spacial score (nSPS) is 18.6. The van der Waals surface area contributed by atoms with Crippen molar-refractivity contribution in [2.45, 2.75) is 57.9 Å². The van der Waals surface area contributed by atoms with Gasteiger partial charge in [-0.1, -0.05) is 6.07 Å². The summed E-state index contributed by atoms with van der Waals surface area (Å²) in [6.07, 6.45) is 7.57. The highest BCUT2D eigenvalue weighted by molar-refractivity contribution is 6.03. The van der Waals surface area contributed by atoms with Crippen LogP contribution in [0.1, 0.15) is 73.6 Å². The largest absolute Gasteiger partial charge is 0.336 e. The predicted octanol–water partition coefficient (Wildman–Crippen LogP) is 4.97. The van der Waals surface area contributed by atoms with Crippen molar-refractivity contribution < 1.29 is 9.18 Å². The Bertz CT molecular complexity index is 1160. The molecule has 3 aromatic rings. The lowest BCUT2D eigenvalue weighted by molar-refractivity contribution is 0.0717. The lowest BCUT2D eigenvalue weighted by Crippen LogP contribution is -2.37. The van der Waals surface area contributed by atoms with Crippen molar-refractivity contribution in [3.05, 3.63) is 59.4 Å². The maximum absolute atomic E-state index is 14.4. The first-order valence-electron chi connectivity index (χ1n) is 11.8. The number of carbonyl (C=O) groups excluding carboxylic acids is 1. The minimum Gasteiger partial charge on any atom is -0.336 e. The second-order valence-electron chi connectivity index (χ2n) is 9.40. The molecule has 2 aliphatic rings. The lowest BCUT2D eigenvalue weighted by atomic mass is 9.93. The van der Waals surface area contributed by atoms with E-state index in [-0.39, 0.29) is 11.9 Å². The molecule has 0 bridgehead atoms. The van der Waals surface area contributed by atoms with Crippen molar-refractivity contribution >= 4 is 11.4 Å².